The van der Waals surface area contributed by atoms with Crippen LogP contribution in [0.15, 0.2) is 59.6 Å². The number of fused-ring (bicyclic) bond motifs is 1. The molecule has 3 aromatic rings. The fourth-order valence-corrected chi connectivity index (χ4v) is 4.82. The fraction of sp³-hybridized carbons (Fsp3) is 0.280. The van der Waals surface area contributed by atoms with E-state index >= 15 is 0 Å². The monoisotopic (exact) mass is 448 g/mol. The van der Waals surface area contributed by atoms with Crippen molar-refractivity contribution in [2.75, 3.05) is 13.8 Å². The zero-order valence-corrected chi connectivity index (χ0v) is 18.8. The molecule has 1 aromatic heterocycles. The highest BCUT2D eigenvalue weighted by Crippen LogP contribution is 2.51. The van der Waals surface area contributed by atoms with E-state index in [0.717, 1.165) is 51.4 Å². The molecule has 1 fully saturated rings. The molecule has 164 valence electrons. The van der Waals surface area contributed by atoms with Crippen molar-refractivity contribution in [2.24, 2.45) is 0 Å². The molecule has 6 nitrogen and oxygen atoms in total. The van der Waals surface area contributed by atoms with Crippen LogP contribution >= 0.6 is 0 Å². The van der Waals surface area contributed by atoms with Gasteiger partial charge in [-0.3, -0.25) is 9.78 Å². The summed E-state index contributed by atoms with van der Waals surface area (Å²) in [6, 6.07) is 15.4. The van der Waals surface area contributed by atoms with Gasteiger partial charge in [0.25, 0.3) is 0 Å². The summed E-state index contributed by atoms with van der Waals surface area (Å²) in [6.07, 6.45) is 3.81. The number of ether oxygens (including phenoxy) is 2. The molecule has 1 atom stereocenters. The van der Waals surface area contributed by atoms with E-state index in [2.05, 4.69) is 15.8 Å². The van der Waals surface area contributed by atoms with Gasteiger partial charge in [-0.05, 0) is 73.8 Å². The summed E-state index contributed by atoms with van der Waals surface area (Å²) >= 11 is 0. The van der Waals surface area contributed by atoms with Crippen LogP contribution in [0.1, 0.15) is 29.7 Å². The van der Waals surface area contributed by atoms with Crippen molar-refractivity contribution in [1.29, 1.82) is 0 Å². The van der Waals surface area contributed by atoms with Crippen molar-refractivity contribution < 1.29 is 18.5 Å². The van der Waals surface area contributed by atoms with Crippen LogP contribution in [0.2, 0.25) is 0 Å². The van der Waals surface area contributed by atoms with E-state index in [-0.39, 0.29) is 12.6 Å². The van der Waals surface area contributed by atoms with E-state index in [0.29, 0.717) is 12.2 Å². The number of pyridine rings is 1. The first kappa shape index (κ1) is 20.8. The zero-order chi connectivity index (χ0) is 22.3. The third-order valence-corrected chi connectivity index (χ3v) is 7.38. The number of hydrogen-bond acceptors (Lipinski definition) is 5. The summed E-state index contributed by atoms with van der Waals surface area (Å²) in [4.78, 5) is 18.6. The molecule has 5 rings (SSSR count). The topological polar surface area (TPSA) is 77.5 Å². The summed E-state index contributed by atoms with van der Waals surface area (Å²) in [6.45, 7) is 2.22. The van der Waals surface area contributed by atoms with Crippen LogP contribution < -0.4 is 14.2 Å². The van der Waals surface area contributed by atoms with Gasteiger partial charge in [-0.25, -0.2) is 8.93 Å². The maximum Gasteiger partial charge on any atom is 0.231 e. The Bertz CT molecular complexity index is 1220. The lowest BCUT2D eigenvalue weighted by atomic mass is 9.88. The molecule has 0 spiro atoms. The van der Waals surface area contributed by atoms with Crippen molar-refractivity contribution in [3.63, 3.8) is 0 Å². The first-order valence-electron chi connectivity index (χ1n) is 10.6. The van der Waals surface area contributed by atoms with Crippen molar-refractivity contribution in [1.82, 2.24) is 9.71 Å². The highest BCUT2D eigenvalue weighted by Gasteiger charge is 2.51. The highest BCUT2D eigenvalue weighted by molar-refractivity contribution is 7.83. The van der Waals surface area contributed by atoms with Gasteiger partial charge < -0.3 is 9.47 Å². The molecule has 1 saturated carbocycles. The SMILES string of the molecule is CNS(=O)c1ccc(-c2cnc(CC(=O)C3(c4ccc5c(c4)OCO5)CC3)c(C)c2)cc1. The number of carbonyl (C=O) groups is 1. The van der Waals surface area contributed by atoms with Crippen LogP contribution in [0, 0.1) is 6.92 Å². The van der Waals surface area contributed by atoms with Gasteiger partial charge >= 0.3 is 0 Å². The molecule has 1 unspecified atom stereocenters. The number of Topliss-reactive ketones (excluding diaryl/α,β-unsaturated/α-hetero) is 1. The predicted octanol–water partition coefficient (Wildman–Crippen LogP) is 3.87. The number of nitrogens with zero attached hydrogens (tertiary/aromatic N) is 1. The summed E-state index contributed by atoms with van der Waals surface area (Å²) in [5.74, 6) is 1.64. The molecule has 2 heterocycles. The quantitative estimate of drug-likeness (QED) is 0.594. The van der Waals surface area contributed by atoms with E-state index in [9.17, 15) is 9.00 Å². The Morgan fingerprint density at radius 3 is 2.50 bits per heavy atom. The lowest BCUT2D eigenvalue weighted by molar-refractivity contribution is -0.120. The first-order chi connectivity index (χ1) is 15.5. The second-order valence-corrected chi connectivity index (χ2v) is 9.65. The number of aryl methyl sites for hydroxylation is 1. The minimum atomic E-state index is -1.21. The van der Waals surface area contributed by atoms with E-state index in [1.807, 2.05) is 49.4 Å². The molecule has 0 saturated heterocycles. The number of hydrogen-bond donors (Lipinski definition) is 1. The Labute approximate surface area is 189 Å². The van der Waals surface area contributed by atoms with Gasteiger partial charge in [-0.2, -0.15) is 0 Å². The highest BCUT2D eigenvalue weighted by atomic mass is 32.2. The molecule has 0 radical (unpaired) electrons. The third-order valence-electron chi connectivity index (χ3n) is 6.31. The lowest BCUT2D eigenvalue weighted by Crippen LogP contribution is -2.23. The number of rotatable bonds is 7. The minimum absolute atomic E-state index is 0.193. The van der Waals surface area contributed by atoms with Gasteiger partial charge in [-0.15, -0.1) is 0 Å². The number of carbonyl (C=O) groups excluding carboxylic acids is 1. The molecule has 7 heteroatoms. The molecule has 2 aromatic carbocycles. The Morgan fingerprint density at radius 1 is 1.06 bits per heavy atom. The Kier molecular flexibility index (Phi) is 5.31. The average Bonchev–Trinajstić information content (AvgIpc) is 3.50. The van der Waals surface area contributed by atoms with Crippen LogP contribution in [0.25, 0.3) is 11.1 Å². The van der Waals surface area contributed by atoms with Gasteiger partial charge in [0.2, 0.25) is 6.79 Å². The fourth-order valence-electron chi connectivity index (χ4n) is 4.20. The molecule has 32 heavy (non-hydrogen) atoms. The van der Waals surface area contributed by atoms with Gasteiger partial charge in [0.1, 0.15) is 16.8 Å². The van der Waals surface area contributed by atoms with Gasteiger partial charge in [0.15, 0.2) is 11.5 Å². The van der Waals surface area contributed by atoms with Crippen LogP contribution in [0.5, 0.6) is 11.5 Å². The molecule has 1 N–H and O–H groups in total. The Hall–Kier alpha value is -3.03. The average molecular weight is 449 g/mol. The zero-order valence-electron chi connectivity index (χ0n) is 18.0. The van der Waals surface area contributed by atoms with Crippen molar-refractivity contribution in [2.45, 2.75) is 36.5 Å². The molecular formula is C25H24N2O4S. The molecule has 0 bridgehead atoms. The Balaban J connectivity index is 1.34. The number of ketones is 1. The van der Waals surface area contributed by atoms with Crippen molar-refractivity contribution in [3.8, 4) is 22.6 Å². The van der Waals surface area contributed by atoms with Crippen molar-refractivity contribution in [3.05, 3.63) is 71.5 Å². The van der Waals surface area contributed by atoms with Crippen LogP contribution in [-0.4, -0.2) is 28.8 Å². The van der Waals surface area contributed by atoms with E-state index in [1.54, 1.807) is 13.2 Å². The van der Waals surface area contributed by atoms with Gasteiger partial charge in [0.05, 0.1) is 16.0 Å². The number of benzene rings is 2. The molecule has 2 aliphatic rings. The second-order valence-electron chi connectivity index (χ2n) is 8.23. The van der Waals surface area contributed by atoms with Crippen LogP contribution in [0.3, 0.4) is 0 Å². The standard InChI is InChI=1S/C25H24N2O4S/c1-16-11-18(17-3-6-20(7-4-17)32(29)26-2)14-27-21(16)13-24(28)25(9-10-25)19-5-8-22-23(12-19)31-15-30-22/h3-8,11-12,14,26H,9-10,13,15H2,1-2H3. The van der Waals surface area contributed by atoms with E-state index < -0.39 is 16.4 Å². The normalized spacial score (nSPS) is 16.6. The molecule has 0 amide bonds. The van der Waals surface area contributed by atoms with Crippen molar-refractivity contribution >= 4 is 16.8 Å². The lowest BCUT2D eigenvalue weighted by Gasteiger charge is -2.16. The second kappa shape index (κ2) is 8.15. The van der Waals surface area contributed by atoms with E-state index in [1.165, 1.54) is 0 Å². The molecule has 1 aliphatic carbocycles. The van der Waals surface area contributed by atoms with Gasteiger partial charge in [0, 0.05) is 18.2 Å². The first-order valence-corrected chi connectivity index (χ1v) is 11.7. The minimum Gasteiger partial charge on any atom is -0.454 e. The summed E-state index contributed by atoms with van der Waals surface area (Å²) < 4.78 is 25.5. The number of nitrogens with one attached hydrogen (secondary N) is 1. The maximum atomic E-state index is 13.3. The summed E-state index contributed by atoms with van der Waals surface area (Å²) in [5, 5.41) is 0. The van der Waals surface area contributed by atoms with Crippen LogP contribution in [-0.2, 0) is 27.6 Å². The Morgan fingerprint density at radius 2 is 1.81 bits per heavy atom. The predicted molar refractivity (Wildman–Crippen MR) is 122 cm³/mol. The largest absolute Gasteiger partial charge is 0.454 e. The smallest absolute Gasteiger partial charge is 0.231 e. The van der Waals surface area contributed by atoms with E-state index in [4.69, 9.17) is 9.47 Å². The maximum absolute atomic E-state index is 13.3. The summed E-state index contributed by atoms with van der Waals surface area (Å²) in [7, 11) is 0.456. The third kappa shape index (κ3) is 3.72. The van der Waals surface area contributed by atoms with Gasteiger partial charge in [-0.1, -0.05) is 18.2 Å². The molecular weight excluding hydrogens is 424 g/mol. The molecule has 1 aliphatic heterocycles. The number of aromatic nitrogens is 1. The van der Waals surface area contributed by atoms with Crippen LogP contribution in [0.4, 0.5) is 0 Å². The summed E-state index contributed by atoms with van der Waals surface area (Å²) in [5.41, 5.74) is 4.32.